The van der Waals surface area contributed by atoms with Gasteiger partial charge >= 0.3 is 5.97 Å². The molecule has 1 amide bonds. The van der Waals surface area contributed by atoms with E-state index in [2.05, 4.69) is 5.32 Å². The molecule has 1 N–H and O–H groups in total. The van der Waals surface area contributed by atoms with Gasteiger partial charge in [0.2, 0.25) is 12.9 Å². The summed E-state index contributed by atoms with van der Waals surface area (Å²) in [4.78, 5) is 26.0. The van der Waals surface area contributed by atoms with Crippen LogP contribution in [-0.2, 0) is 9.53 Å². The molecule has 3 aromatic carbocycles. The first-order valence-corrected chi connectivity index (χ1v) is 9.84. The van der Waals surface area contributed by atoms with Crippen LogP contribution < -0.4 is 19.5 Å². The average molecular weight is 419 g/mol. The van der Waals surface area contributed by atoms with Crippen LogP contribution >= 0.6 is 0 Å². The highest BCUT2D eigenvalue weighted by Gasteiger charge is 2.27. The number of hydrogen-bond donors (Lipinski definition) is 1. The molecule has 0 aliphatic carbocycles. The van der Waals surface area contributed by atoms with Gasteiger partial charge in [-0.15, -0.1) is 0 Å². The van der Waals surface area contributed by atoms with Crippen LogP contribution in [0.15, 0.2) is 72.8 Å². The summed E-state index contributed by atoms with van der Waals surface area (Å²) < 4.78 is 21.8. The summed E-state index contributed by atoms with van der Waals surface area (Å²) in [6.45, 7) is 2.41. The van der Waals surface area contributed by atoms with Crippen LogP contribution in [0.25, 0.3) is 0 Å². The molecule has 0 saturated carbocycles. The van der Waals surface area contributed by atoms with Crippen molar-refractivity contribution in [1.82, 2.24) is 0 Å². The Kier molecular flexibility index (Phi) is 6.03. The third kappa shape index (κ3) is 4.61. The number of nitrogens with one attached hydrogen (secondary N) is 1. The zero-order chi connectivity index (χ0) is 21.6. The van der Waals surface area contributed by atoms with Gasteiger partial charge in [0.05, 0.1) is 17.9 Å². The molecule has 4 rings (SSSR count). The molecule has 7 heteroatoms. The Labute approximate surface area is 179 Å². The van der Waals surface area contributed by atoms with E-state index in [9.17, 15) is 9.59 Å². The molecular weight excluding hydrogens is 398 g/mol. The average Bonchev–Trinajstić information content (AvgIpc) is 3.27. The van der Waals surface area contributed by atoms with Gasteiger partial charge in [0.1, 0.15) is 5.75 Å². The molecule has 31 heavy (non-hydrogen) atoms. The molecule has 0 bridgehead atoms. The quantitative estimate of drug-likeness (QED) is 0.574. The first-order chi connectivity index (χ1) is 15.2. The van der Waals surface area contributed by atoms with Crippen molar-refractivity contribution >= 4 is 17.6 Å². The first kappa shape index (κ1) is 20.3. The van der Waals surface area contributed by atoms with Crippen LogP contribution in [0, 0.1) is 0 Å². The standard InChI is InChI=1S/C24H21NO6/c1-2-28-19-11-7-6-10-18(19)25-23(26)22(16-8-4-3-5-9-16)31-24(27)17-12-13-20-21(14-17)30-15-29-20/h3-14,22H,2,15H2,1H3,(H,25,26)/t22-/m0/s1. The van der Waals surface area contributed by atoms with E-state index in [0.29, 0.717) is 35.1 Å². The highest BCUT2D eigenvalue weighted by atomic mass is 16.7. The minimum absolute atomic E-state index is 0.0993. The van der Waals surface area contributed by atoms with Gasteiger partial charge in [-0.1, -0.05) is 42.5 Å². The molecule has 0 aromatic heterocycles. The maximum Gasteiger partial charge on any atom is 0.339 e. The molecule has 158 valence electrons. The number of ether oxygens (including phenoxy) is 4. The number of benzene rings is 3. The number of anilines is 1. The monoisotopic (exact) mass is 419 g/mol. The highest BCUT2D eigenvalue weighted by molar-refractivity contribution is 5.99. The summed E-state index contributed by atoms with van der Waals surface area (Å²) in [5, 5.41) is 2.81. The smallest absolute Gasteiger partial charge is 0.339 e. The predicted octanol–water partition coefficient (Wildman–Crippen LogP) is 4.35. The number of fused-ring (bicyclic) bond motifs is 1. The number of hydrogen-bond acceptors (Lipinski definition) is 6. The van der Waals surface area contributed by atoms with Gasteiger partial charge in [0.25, 0.3) is 5.91 Å². The van der Waals surface area contributed by atoms with Gasteiger partial charge in [0, 0.05) is 5.56 Å². The lowest BCUT2D eigenvalue weighted by molar-refractivity contribution is -0.125. The Bertz CT molecular complexity index is 1080. The first-order valence-electron chi connectivity index (χ1n) is 9.84. The van der Waals surface area contributed by atoms with Crippen molar-refractivity contribution < 1.29 is 28.5 Å². The summed E-state index contributed by atoms with van der Waals surface area (Å²) >= 11 is 0. The SMILES string of the molecule is CCOc1ccccc1NC(=O)[C@@H](OC(=O)c1ccc2c(c1)OCO2)c1ccccc1. The molecule has 1 aliphatic rings. The number of para-hydroxylation sites is 2. The van der Waals surface area contributed by atoms with Crippen LogP contribution in [-0.4, -0.2) is 25.3 Å². The van der Waals surface area contributed by atoms with Crippen molar-refractivity contribution in [3.05, 3.63) is 83.9 Å². The topological polar surface area (TPSA) is 83.1 Å². The highest BCUT2D eigenvalue weighted by Crippen LogP contribution is 2.33. The Morgan fingerprint density at radius 1 is 0.968 bits per heavy atom. The van der Waals surface area contributed by atoms with Crippen LogP contribution in [0.1, 0.15) is 28.9 Å². The summed E-state index contributed by atoms with van der Waals surface area (Å²) in [5.74, 6) is 0.405. The minimum atomic E-state index is -1.16. The van der Waals surface area contributed by atoms with Crippen LogP contribution in [0.4, 0.5) is 5.69 Å². The minimum Gasteiger partial charge on any atom is -0.492 e. The molecule has 1 aliphatic heterocycles. The second kappa shape index (κ2) is 9.21. The van der Waals surface area contributed by atoms with E-state index < -0.39 is 18.0 Å². The molecule has 1 atom stereocenters. The predicted molar refractivity (Wildman–Crippen MR) is 113 cm³/mol. The maximum absolute atomic E-state index is 13.1. The molecule has 0 fully saturated rings. The molecule has 0 saturated heterocycles. The second-order valence-corrected chi connectivity index (χ2v) is 6.68. The van der Waals surface area contributed by atoms with Gasteiger partial charge in [-0.05, 0) is 37.3 Å². The van der Waals surface area contributed by atoms with Crippen molar-refractivity contribution in [1.29, 1.82) is 0 Å². The number of esters is 1. The lowest BCUT2D eigenvalue weighted by Gasteiger charge is -2.19. The van der Waals surface area contributed by atoms with Crippen LogP contribution in [0.5, 0.6) is 17.2 Å². The molecule has 0 radical (unpaired) electrons. The van der Waals surface area contributed by atoms with Crippen molar-refractivity contribution in [3.8, 4) is 17.2 Å². The van der Waals surface area contributed by atoms with Crippen molar-refractivity contribution in [2.24, 2.45) is 0 Å². The summed E-state index contributed by atoms with van der Waals surface area (Å²) in [7, 11) is 0. The van der Waals surface area contributed by atoms with Crippen LogP contribution in [0.2, 0.25) is 0 Å². The number of carbonyl (C=O) groups is 2. The molecule has 0 unspecified atom stereocenters. The van der Waals surface area contributed by atoms with Gasteiger partial charge in [0.15, 0.2) is 11.5 Å². The van der Waals surface area contributed by atoms with E-state index in [1.54, 1.807) is 54.6 Å². The fourth-order valence-corrected chi connectivity index (χ4v) is 3.15. The van der Waals surface area contributed by atoms with E-state index in [1.165, 1.54) is 6.07 Å². The number of rotatable bonds is 7. The van der Waals surface area contributed by atoms with Crippen molar-refractivity contribution in [2.45, 2.75) is 13.0 Å². The summed E-state index contributed by atoms with van der Waals surface area (Å²) in [6, 6.07) is 20.7. The molecule has 1 heterocycles. The van der Waals surface area contributed by atoms with Crippen LogP contribution in [0.3, 0.4) is 0 Å². The fourth-order valence-electron chi connectivity index (χ4n) is 3.15. The van der Waals surface area contributed by atoms with E-state index in [0.717, 1.165) is 0 Å². The van der Waals surface area contributed by atoms with E-state index in [-0.39, 0.29) is 12.4 Å². The largest absolute Gasteiger partial charge is 0.492 e. The number of amides is 1. The van der Waals surface area contributed by atoms with E-state index in [1.807, 2.05) is 19.1 Å². The Balaban J connectivity index is 1.58. The molecule has 0 spiro atoms. The zero-order valence-electron chi connectivity index (χ0n) is 16.9. The normalized spacial score (nSPS) is 12.7. The van der Waals surface area contributed by atoms with Crippen molar-refractivity contribution in [3.63, 3.8) is 0 Å². The van der Waals surface area contributed by atoms with Gasteiger partial charge < -0.3 is 24.3 Å². The second-order valence-electron chi connectivity index (χ2n) is 6.68. The fraction of sp³-hybridized carbons (Fsp3) is 0.167. The van der Waals surface area contributed by atoms with E-state index in [4.69, 9.17) is 18.9 Å². The molecular formula is C24H21NO6. The Morgan fingerprint density at radius 3 is 2.52 bits per heavy atom. The van der Waals surface area contributed by atoms with Gasteiger partial charge in [-0.3, -0.25) is 4.79 Å². The Morgan fingerprint density at radius 2 is 1.71 bits per heavy atom. The lowest BCUT2D eigenvalue weighted by Crippen LogP contribution is -2.26. The molecule has 7 nitrogen and oxygen atoms in total. The third-order valence-corrected chi connectivity index (χ3v) is 4.62. The molecule has 3 aromatic rings. The zero-order valence-corrected chi connectivity index (χ0v) is 16.9. The summed E-state index contributed by atoms with van der Waals surface area (Å²) in [6.07, 6.45) is -1.16. The van der Waals surface area contributed by atoms with Gasteiger partial charge in [-0.25, -0.2) is 4.79 Å². The summed E-state index contributed by atoms with van der Waals surface area (Å²) in [5.41, 5.74) is 1.30. The Hall–Kier alpha value is -4.00. The maximum atomic E-state index is 13.1. The lowest BCUT2D eigenvalue weighted by atomic mass is 10.1. The van der Waals surface area contributed by atoms with E-state index >= 15 is 0 Å². The number of carbonyl (C=O) groups excluding carboxylic acids is 2. The third-order valence-electron chi connectivity index (χ3n) is 4.62. The van der Waals surface area contributed by atoms with Crippen molar-refractivity contribution in [2.75, 3.05) is 18.7 Å². The van der Waals surface area contributed by atoms with Gasteiger partial charge in [-0.2, -0.15) is 0 Å².